The van der Waals surface area contributed by atoms with Crippen molar-refractivity contribution in [3.05, 3.63) is 36.7 Å². The molecule has 0 spiro atoms. The second kappa shape index (κ2) is 6.54. The fourth-order valence-electron chi connectivity index (χ4n) is 2.54. The van der Waals surface area contributed by atoms with Crippen LogP contribution in [0.2, 0.25) is 0 Å². The molecule has 0 saturated heterocycles. The van der Waals surface area contributed by atoms with Gasteiger partial charge < -0.3 is 4.74 Å². The van der Waals surface area contributed by atoms with Crippen LogP contribution in [0.15, 0.2) is 36.7 Å². The van der Waals surface area contributed by atoms with Gasteiger partial charge in [0.25, 0.3) is 0 Å². The monoisotopic (exact) mass is 370 g/mol. The molecule has 0 fully saturated rings. The molecule has 24 heavy (non-hydrogen) atoms. The van der Waals surface area contributed by atoms with Gasteiger partial charge in [0.1, 0.15) is 0 Å². The molecule has 9 heteroatoms. The van der Waals surface area contributed by atoms with Crippen LogP contribution < -0.4 is 9.88 Å². The lowest BCUT2D eigenvalue weighted by Gasteiger charge is -2.23. The summed E-state index contributed by atoms with van der Waals surface area (Å²) in [5.74, 6) is 0.277. The molecule has 2 aromatic heterocycles. The Bertz CT molecular complexity index is 969. The predicted molar refractivity (Wildman–Crippen MR) is 95.0 cm³/mol. The maximum Gasteiger partial charge on any atom is 0.239 e. The Balaban J connectivity index is 0.00000208. The molecule has 0 atom stereocenters. The van der Waals surface area contributed by atoms with Crippen molar-refractivity contribution in [3.63, 3.8) is 0 Å². The van der Waals surface area contributed by atoms with E-state index in [0.29, 0.717) is 5.88 Å². The van der Waals surface area contributed by atoms with Gasteiger partial charge in [-0.25, -0.2) is 23.1 Å². The van der Waals surface area contributed by atoms with E-state index >= 15 is 0 Å². The Morgan fingerprint density at radius 3 is 2.58 bits per heavy atom. The summed E-state index contributed by atoms with van der Waals surface area (Å²) in [7, 11) is -3.57. The summed E-state index contributed by atoms with van der Waals surface area (Å²) in [4.78, 5) is 4.29. The quantitative estimate of drug-likeness (QED) is 0.740. The second-order valence-electron chi connectivity index (χ2n) is 6.31. The van der Waals surface area contributed by atoms with Crippen molar-refractivity contribution in [2.24, 2.45) is 10.6 Å². The van der Waals surface area contributed by atoms with Crippen LogP contribution in [0, 0.1) is 5.41 Å². The van der Waals surface area contributed by atoms with Crippen LogP contribution in [-0.4, -0.2) is 35.4 Å². The van der Waals surface area contributed by atoms with Crippen LogP contribution in [0.1, 0.15) is 13.8 Å². The molecule has 1 aromatic carbocycles. The molecule has 7 nitrogen and oxygen atoms in total. The third-order valence-corrected chi connectivity index (χ3v) is 4.59. The highest BCUT2D eigenvalue weighted by Crippen LogP contribution is 2.27. The van der Waals surface area contributed by atoms with Gasteiger partial charge in [0.05, 0.1) is 12.4 Å². The molecule has 2 N–H and O–H groups in total. The van der Waals surface area contributed by atoms with Crippen LogP contribution in [0.4, 0.5) is 0 Å². The number of primary sulfonamides is 1. The van der Waals surface area contributed by atoms with Crippen LogP contribution in [0.25, 0.3) is 16.4 Å². The van der Waals surface area contributed by atoms with Crippen molar-refractivity contribution in [1.82, 2.24) is 14.6 Å². The Kier molecular flexibility index (Phi) is 5.03. The van der Waals surface area contributed by atoms with E-state index in [2.05, 4.69) is 10.1 Å². The van der Waals surface area contributed by atoms with E-state index in [1.807, 2.05) is 24.3 Å². The van der Waals surface area contributed by atoms with Gasteiger partial charge in [-0.3, -0.25) is 0 Å². The Hall–Kier alpha value is -1.90. The van der Waals surface area contributed by atoms with Gasteiger partial charge in [0.15, 0.2) is 5.65 Å². The van der Waals surface area contributed by atoms with E-state index in [-0.39, 0.29) is 24.8 Å². The van der Waals surface area contributed by atoms with Gasteiger partial charge >= 0.3 is 0 Å². The molecule has 0 saturated carbocycles. The maximum absolute atomic E-state index is 11.3. The van der Waals surface area contributed by atoms with Gasteiger partial charge in [0, 0.05) is 28.6 Å². The van der Waals surface area contributed by atoms with E-state index in [4.69, 9.17) is 9.88 Å². The lowest BCUT2D eigenvalue weighted by atomic mass is 9.98. The van der Waals surface area contributed by atoms with E-state index in [9.17, 15) is 8.42 Å². The number of imidazole rings is 1. The smallest absolute Gasteiger partial charge is 0.239 e. The third kappa shape index (κ3) is 3.95. The fourth-order valence-corrected chi connectivity index (χ4v) is 3.72. The summed E-state index contributed by atoms with van der Waals surface area (Å²) < 4.78 is 30.1. The van der Waals surface area contributed by atoms with Crippen molar-refractivity contribution in [1.29, 1.82) is 0 Å². The molecule has 3 aromatic rings. The average Bonchev–Trinajstić information content (AvgIpc) is 2.90. The molecule has 130 valence electrons. The molecule has 2 heterocycles. The number of nitrogens with zero attached hydrogens (tertiary/aromatic N) is 3. The number of rotatable bonds is 5. The molecule has 0 aliphatic rings. The summed E-state index contributed by atoms with van der Waals surface area (Å²) in [6.07, 6.45) is 3.41. The van der Waals surface area contributed by atoms with E-state index < -0.39 is 15.4 Å². The van der Waals surface area contributed by atoms with E-state index in [1.54, 1.807) is 30.8 Å². The normalized spacial score (nSPS) is 12.3. The van der Waals surface area contributed by atoms with Crippen molar-refractivity contribution >= 4 is 38.8 Å². The molecule has 0 radical (unpaired) electrons. The van der Waals surface area contributed by atoms with Gasteiger partial charge in [0.2, 0.25) is 15.9 Å². The topological polar surface area (TPSA) is 99.6 Å². The number of aromatic nitrogens is 3. The number of fused-ring (bicyclic) bond motifs is 3. The maximum atomic E-state index is 11.3. The van der Waals surface area contributed by atoms with Crippen LogP contribution in [-0.2, 0) is 10.0 Å². The summed E-state index contributed by atoms with van der Waals surface area (Å²) in [6, 6.07) is 7.66. The van der Waals surface area contributed by atoms with Gasteiger partial charge in [-0.05, 0) is 6.07 Å². The van der Waals surface area contributed by atoms with Gasteiger partial charge in [-0.2, -0.15) is 0 Å². The minimum absolute atomic E-state index is 0. The van der Waals surface area contributed by atoms with Crippen LogP contribution in [0.3, 0.4) is 0 Å². The molecular weight excluding hydrogens is 352 g/mol. The van der Waals surface area contributed by atoms with Crippen molar-refractivity contribution in [2.45, 2.75) is 13.8 Å². The second-order valence-corrected chi connectivity index (χ2v) is 7.92. The average molecular weight is 371 g/mol. The number of hydrogen-bond donors (Lipinski definition) is 1. The molecule has 0 unspecified atom stereocenters. The predicted octanol–water partition coefficient (Wildman–Crippen LogP) is 2.00. The molecule has 3 rings (SSSR count). The standard InChI is InChI=1S/C15H18N4O3S.ClH/c1-15(2,10-23(16,20)21)9-22-14-12-6-4-3-5-11(12)13-17-7-8-19(13)18-14;/h3-8H,9-10H2,1-2H3,(H2,16,20,21);1H. The minimum Gasteiger partial charge on any atom is -0.476 e. The van der Waals surface area contributed by atoms with Crippen LogP contribution >= 0.6 is 12.4 Å². The zero-order chi connectivity index (χ0) is 16.7. The summed E-state index contributed by atoms with van der Waals surface area (Å²) >= 11 is 0. The Morgan fingerprint density at radius 1 is 1.25 bits per heavy atom. The van der Waals surface area contributed by atoms with E-state index in [1.165, 1.54) is 0 Å². The summed E-state index contributed by atoms with van der Waals surface area (Å²) in [5.41, 5.74) is 0.122. The summed E-state index contributed by atoms with van der Waals surface area (Å²) in [5, 5.41) is 11.3. The van der Waals surface area contributed by atoms with Crippen molar-refractivity contribution in [3.8, 4) is 5.88 Å². The minimum atomic E-state index is -3.57. The molecular formula is C15H19ClN4O3S. The highest BCUT2D eigenvalue weighted by atomic mass is 35.5. The SMILES string of the molecule is CC(C)(COc1nn2ccnc2c2ccccc12)CS(N)(=O)=O.Cl. The van der Waals surface area contributed by atoms with Gasteiger partial charge in [-0.15, -0.1) is 17.5 Å². The lowest BCUT2D eigenvalue weighted by Crippen LogP contribution is -2.33. The highest BCUT2D eigenvalue weighted by Gasteiger charge is 2.25. The zero-order valence-electron chi connectivity index (χ0n) is 13.3. The number of halogens is 1. The molecule has 0 amide bonds. The fraction of sp³-hybridized carbons (Fsp3) is 0.333. The first-order valence-corrected chi connectivity index (χ1v) is 8.82. The lowest BCUT2D eigenvalue weighted by molar-refractivity contribution is 0.193. The number of benzene rings is 1. The highest BCUT2D eigenvalue weighted by molar-refractivity contribution is 7.89. The first kappa shape index (κ1) is 18.4. The van der Waals surface area contributed by atoms with Crippen molar-refractivity contribution < 1.29 is 13.2 Å². The Morgan fingerprint density at radius 2 is 1.92 bits per heavy atom. The summed E-state index contributed by atoms with van der Waals surface area (Å²) in [6.45, 7) is 3.76. The number of ether oxygens (including phenoxy) is 1. The number of sulfonamides is 1. The largest absolute Gasteiger partial charge is 0.476 e. The first-order valence-electron chi connectivity index (χ1n) is 7.11. The number of nitrogens with two attached hydrogens (primary N) is 1. The molecule has 0 bridgehead atoms. The Labute approximate surface area is 146 Å². The van der Waals surface area contributed by atoms with E-state index in [0.717, 1.165) is 16.4 Å². The number of hydrogen-bond acceptors (Lipinski definition) is 5. The van der Waals surface area contributed by atoms with Crippen LogP contribution in [0.5, 0.6) is 5.88 Å². The molecule has 0 aliphatic heterocycles. The first-order chi connectivity index (χ1) is 10.8. The zero-order valence-corrected chi connectivity index (χ0v) is 15.0. The van der Waals surface area contributed by atoms with Crippen molar-refractivity contribution in [2.75, 3.05) is 12.4 Å². The molecule has 0 aliphatic carbocycles. The van der Waals surface area contributed by atoms with Gasteiger partial charge in [-0.1, -0.05) is 32.0 Å². The third-order valence-electron chi connectivity index (χ3n) is 3.41.